The van der Waals surface area contributed by atoms with Crippen molar-refractivity contribution in [3.05, 3.63) is 80.2 Å². The number of amides is 1. The van der Waals surface area contributed by atoms with Gasteiger partial charge in [0.1, 0.15) is 17.6 Å². The van der Waals surface area contributed by atoms with Gasteiger partial charge < -0.3 is 34.3 Å². The van der Waals surface area contributed by atoms with E-state index in [1.54, 1.807) is 16.5 Å². The molecule has 2 aliphatic rings. The van der Waals surface area contributed by atoms with Crippen molar-refractivity contribution in [3.8, 4) is 0 Å². The highest BCUT2D eigenvalue weighted by Crippen LogP contribution is 2.30. The van der Waals surface area contributed by atoms with Crippen LogP contribution in [0.1, 0.15) is 53.8 Å². The van der Waals surface area contributed by atoms with Crippen LogP contribution in [0.5, 0.6) is 0 Å². The van der Waals surface area contributed by atoms with Gasteiger partial charge in [-0.1, -0.05) is 13.0 Å². The minimum absolute atomic E-state index is 0.0853. The van der Waals surface area contributed by atoms with E-state index in [9.17, 15) is 32.7 Å². The van der Waals surface area contributed by atoms with Crippen LogP contribution >= 0.6 is 0 Å². The summed E-state index contributed by atoms with van der Waals surface area (Å²) in [6.45, 7) is 3.04. The van der Waals surface area contributed by atoms with Crippen LogP contribution in [0.4, 0.5) is 24.5 Å². The van der Waals surface area contributed by atoms with Crippen LogP contribution in [0, 0.1) is 0 Å². The summed E-state index contributed by atoms with van der Waals surface area (Å²) in [5.74, 6) is 0.354. The van der Waals surface area contributed by atoms with Crippen LogP contribution in [-0.4, -0.2) is 77.0 Å². The van der Waals surface area contributed by atoms with Gasteiger partial charge in [0.25, 0.3) is 11.5 Å². The van der Waals surface area contributed by atoms with Crippen LogP contribution in [-0.2, 0) is 26.2 Å². The summed E-state index contributed by atoms with van der Waals surface area (Å²) in [6.07, 6.45) is 0.766. The number of hydrogen-bond donors (Lipinski definition) is 3. The van der Waals surface area contributed by atoms with Crippen molar-refractivity contribution >= 4 is 28.6 Å². The van der Waals surface area contributed by atoms with Crippen molar-refractivity contribution in [1.82, 2.24) is 33.6 Å². The number of nitrogens with one attached hydrogen (secondary N) is 2. The number of aliphatic hydroxyl groups is 1. The van der Waals surface area contributed by atoms with E-state index in [0.717, 1.165) is 37.0 Å². The van der Waals surface area contributed by atoms with E-state index in [1.165, 1.54) is 27.4 Å². The number of piperazine rings is 1. The fraction of sp³-hybridized carbons (Fsp3) is 0.433. The molecule has 1 aromatic carbocycles. The number of aromatic nitrogens is 6. The van der Waals surface area contributed by atoms with Gasteiger partial charge in [0.2, 0.25) is 5.78 Å². The van der Waals surface area contributed by atoms with Gasteiger partial charge >= 0.3 is 11.9 Å². The molecule has 4 aromatic rings. The molecule has 13 nitrogen and oxygen atoms in total. The Hall–Kier alpha value is -4.86. The van der Waals surface area contributed by atoms with Gasteiger partial charge in [0.15, 0.2) is 5.82 Å². The number of carbonyl (C=O) groups is 1. The van der Waals surface area contributed by atoms with E-state index in [2.05, 4.69) is 15.4 Å². The highest BCUT2D eigenvalue weighted by molar-refractivity contribution is 5.92. The third-order valence-electron chi connectivity index (χ3n) is 8.39. The molecule has 16 heteroatoms. The predicted molar refractivity (Wildman–Crippen MR) is 164 cm³/mol. The van der Waals surface area contributed by atoms with Crippen molar-refractivity contribution in [2.45, 2.75) is 51.6 Å². The van der Waals surface area contributed by atoms with Crippen LogP contribution in [0.25, 0.3) is 11.4 Å². The first kappa shape index (κ1) is 31.1. The minimum Gasteiger partial charge on any atom is -0.372 e. The van der Waals surface area contributed by atoms with E-state index >= 15 is 0 Å². The Morgan fingerprint density at radius 3 is 2.43 bits per heavy atom. The third kappa shape index (κ3) is 5.91. The standard InChI is InChI=1S/C30H34F3N9O4/c1-3-22-24(39-12-14-40(15-13-39)26(44)21-16-38(2)29(46)35-21)27(45)42-28(36-25(37-42)18-6-4-5-7-18)41(22)17-23(43)34-20-10-8-19(9-11-20)30(31,32)33/h6,8-11,16,23,34,43H,3-5,7,12-15,17H2,1-2H3,(H,35,46). The van der Waals surface area contributed by atoms with E-state index in [0.29, 0.717) is 49.8 Å². The number of fused-ring (bicyclic) bond motifs is 1. The molecule has 1 amide bonds. The lowest BCUT2D eigenvalue weighted by Gasteiger charge is -2.36. The maximum atomic E-state index is 14.0. The molecule has 1 unspecified atom stereocenters. The number of benzene rings is 1. The molecule has 0 bridgehead atoms. The molecule has 0 spiro atoms. The minimum atomic E-state index is -4.48. The molecule has 1 aliphatic carbocycles. The number of allylic oxidation sites excluding steroid dienone is 2. The summed E-state index contributed by atoms with van der Waals surface area (Å²) < 4.78 is 43.4. The average molecular weight is 642 g/mol. The molecule has 4 heterocycles. The van der Waals surface area contributed by atoms with Gasteiger partial charge in [-0.25, -0.2) is 4.79 Å². The number of imidazole rings is 1. The van der Waals surface area contributed by atoms with Gasteiger partial charge in [-0.05, 0) is 55.5 Å². The monoisotopic (exact) mass is 641 g/mol. The summed E-state index contributed by atoms with van der Waals surface area (Å²) in [5.41, 5.74) is 0.801. The number of nitrogens with zero attached hydrogens (tertiary/aromatic N) is 7. The number of aromatic amines is 1. The highest BCUT2D eigenvalue weighted by Gasteiger charge is 2.31. The molecule has 1 saturated heterocycles. The summed E-state index contributed by atoms with van der Waals surface area (Å²) in [5, 5.41) is 18.5. The van der Waals surface area contributed by atoms with E-state index in [1.807, 2.05) is 17.9 Å². The molecule has 6 rings (SSSR count). The molecular weight excluding hydrogens is 607 g/mol. The number of hydrogen-bond acceptors (Lipinski definition) is 8. The molecule has 0 radical (unpaired) electrons. The Labute approximate surface area is 260 Å². The number of aryl methyl sites for hydroxylation is 1. The fourth-order valence-electron chi connectivity index (χ4n) is 6.03. The number of H-pyrrole nitrogens is 1. The van der Waals surface area contributed by atoms with Gasteiger partial charge in [-0.2, -0.15) is 22.7 Å². The number of aliphatic hydroxyl groups excluding tert-OH is 1. The second-order valence-corrected chi connectivity index (χ2v) is 11.4. The first-order valence-corrected chi connectivity index (χ1v) is 15.1. The number of alkyl halides is 3. The topological polar surface area (TPSA) is 146 Å². The normalized spacial score (nSPS) is 16.3. The molecule has 3 N–H and O–H groups in total. The second-order valence-electron chi connectivity index (χ2n) is 11.4. The molecule has 3 aromatic heterocycles. The average Bonchev–Trinajstić information content (AvgIpc) is 3.79. The number of halogens is 3. The molecule has 244 valence electrons. The van der Waals surface area contributed by atoms with Crippen molar-refractivity contribution in [2.75, 3.05) is 36.4 Å². The van der Waals surface area contributed by atoms with Gasteiger partial charge in [-0.15, -0.1) is 5.10 Å². The summed E-state index contributed by atoms with van der Waals surface area (Å²) in [6, 6.07) is 4.35. The zero-order valence-corrected chi connectivity index (χ0v) is 25.3. The van der Waals surface area contributed by atoms with E-state index in [-0.39, 0.29) is 40.9 Å². The molecule has 1 fully saturated rings. The number of anilines is 2. The highest BCUT2D eigenvalue weighted by atomic mass is 19.4. The van der Waals surface area contributed by atoms with E-state index < -0.39 is 18.0 Å². The van der Waals surface area contributed by atoms with Crippen molar-refractivity contribution in [3.63, 3.8) is 0 Å². The Morgan fingerprint density at radius 1 is 1.13 bits per heavy atom. The maximum Gasteiger partial charge on any atom is 0.416 e. The smallest absolute Gasteiger partial charge is 0.372 e. The summed E-state index contributed by atoms with van der Waals surface area (Å²) in [4.78, 5) is 49.7. The maximum absolute atomic E-state index is 14.0. The quantitative estimate of drug-likeness (QED) is 0.249. The number of carbonyl (C=O) groups excluding carboxylic acids is 1. The number of rotatable bonds is 8. The fourth-order valence-corrected chi connectivity index (χ4v) is 6.03. The lowest BCUT2D eigenvalue weighted by atomic mass is 10.2. The van der Waals surface area contributed by atoms with Crippen LogP contribution in [0.15, 0.2) is 46.1 Å². The molecule has 46 heavy (non-hydrogen) atoms. The Balaban J connectivity index is 1.32. The lowest BCUT2D eigenvalue weighted by molar-refractivity contribution is -0.137. The summed E-state index contributed by atoms with van der Waals surface area (Å²) in [7, 11) is 1.55. The zero-order valence-electron chi connectivity index (χ0n) is 25.3. The summed E-state index contributed by atoms with van der Waals surface area (Å²) >= 11 is 0. The van der Waals surface area contributed by atoms with Gasteiger partial charge in [0, 0.05) is 50.8 Å². The second kappa shape index (κ2) is 12.2. The molecule has 1 aliphatic heterocycles. The van der Waals surface area contributed by atoms with Crippen molar-refractivity contribution in [2.24, 2.45) is 7.05 Å². The Morgan fingerprint density at radius 2 is 1.85 bits per heavy atom. The van der Waals surface area contributed by atoms with Crippen molar-refractivity contribution < 1.29 is 23.1 Å². The first-order chi connectivity index (χ1) is 21.9. The van der Waals surface area contributed by atoms with Gasteiger partial charge in [-0.3, -0.25) is 9.59 Å². The third-order valence-corrected chi connectivity index (χ3v) is 8.39. The lowest BCUT2D eigenvalue weighted by Crippen LogP contribution is -2.51. The SMILES string of the molecule is CCc1c(N2CCN(C(=O)c3cn(C)c(=O)[nH]3)CC2)c(=O)n2nc(C3=CCCC3)nc2n1CC(O)Nc1ccc(C(F)(F)F)cc1. The van der Waals surface area contributed by atoms with E-state index in [4.69, 9.17) is 4.98 Å². The largest absolute Gasteiger partial charge is 0.416 e. The Bertz CT molecular complexity index is 1910. The zero-order chi connectivity index (χ0) is 32.7. The molecule has 0 saturated carbocycles. The van der Waals surface area contributed by atoms with Crippen LogP contribution in [0.2, 0.25) is 0 Å². The molecular formula is C30H34F3N9O4. The van der Waals surface area contributed by atoms with Gasteiger partial charge in [0.05, 0.1) is 12.1 Å². The Kier molecular flexibility index (Phi) is 8.22. The predicted octanol–water partition coefficient (Wildman–Crippen LogP) is 2.46. The molecule has 1 atom stereocenters. The van der Waals surface area contributed by atoms with Crippen LogP contribution < -0.4 is 21.5 Å². The first-order valence-electron chi connectivity index (χ1n) is 15.1. The van der Waals surface area contributed by atoms with Crippen molar-refractivity contribution in [1.29, 1.82) is 0 Å². The van der Waals surface area contributed by atoms with Crippen LogP contribution in [0.3, 0.4) is 0 Å².